The molecule has 29 heavy (non-hydrogen) atoms. The Kier molecular flexibility index (Phi) is 5.79. The van der Waals surface area contributed by atoms with E-state index >= 15 is 0 Å². The average molecular weight is 390 g/mol. The number of halogens is 1. The number of para-hydroxylation sites is 1. The number of ether oxygens (including phenoxy) is 1. The average Bonchev–Trinajstić information content (AvgIpc) is 3.01. The molecule has 4 rings (SSSR count). The molecule has 0 saturated carbocycles. The number of benzene rings is 2. The van der Waals surface area contributed by atoms with Crippen LogP contribution in [0, 0.1) is 5.82 Å². The minimum absolute atomic E-state index is 0.0670. The Bertz CT molecular complexity index is 1030. The molecule has 0 N–H and O–H groups in total. The molecule has 0 aliphatic carbocycles. The van der Waals surface area contributed by atoms with Crippen molar-refractivity contribution in [3.05, 3.63) is 89.7 Å². The Morgan fingerprint density at radius 3 is 2.69 bits per heavy atom. The molecule has 1 aliphatic heterocycles. The molecular formula is C23H23FN4O. The van der Waals surface area contributed by atoms with Crippen molar-refractivity contribution in [1.82, 2.24) is 15.0 Å². The Hall–Kier alpha value is -3.28. The van der Waals surface area contributed by atoms with Crippen LogP contribution in [0.3, 0.4) is 0 Å². The minimum atomic E-state index is -0.340. The van der Waals surface area contributed by atoms with Crippen molar-refractivity contribution < 1.29 is 9.13 Å². The number of aliphatic imine (C=N–C) groups is 1. The predicted octanol–water partition coefficient (Wildman–Crippen LogP) is 5.17. The highest BCUT2D eigenvalue weighted by Crippen LogP contribution is 2.26. The largest absolute Gasteiger partial charge is 0.445 e. The molecule has 6 heteroatoms. The van der Waals surface area contributed by atoms with E-state index in [1.54, 1.807) is 29.1 Å². The maximum atomic E-state index is 14.4. The molecule has 148 valence electrons. The van der Waals surface area contributed by atoms with Gasteiger partial charge in [-0.2, -0.15) is 0 Å². The first kappa shape index (κ1) is 19.1. The van der Waals surface area contributed by atoms with E-state index in [4.69, 9.17) is 9.73 Å². The summed E-state index contributed by atoms with van der Waals surface area (Å²) in [6.07, 6.45) is 6.98. The molecule has 0 bridgehead atoms. The van der Waals surface area contributed by atoms with Gasteiger partial charge in [-0.05, 0) is 43.0 Å². The second-order valence-electron chi connectivity index (χ2n) is 6.94. The third-order valence-corrected chi connectivity index (χ3v) is 4.91. The third kappa shape index (κ3) is 4.11. The molecule has 3 aromatic rings. The summed E-state index contributed by atoms with van der Waals surface area (Å²) in [5.74, 6) is 0.0776. The minimum Gasteiger partial charge on any atom is -0.445 e. The molecule has 2 aromatic carbocycles. The van der Waals surface area contributed by atoms with Gasteiger partial charge in [0.1, 0.15) is 11.5 Å². The van der Waals surface area contributed by atoms with Crippen LogP contribution in [0.1, 0.15) is 49.2 Å². The van der Waals surface area contributed by atoms with Crippen LogP contribution in [0.2, 0.25) is 0 Å². The van der Waals surface area contributed by atoms with Gasteiger partial charge in [-0.25, -0.2) is 14.1 Å². The zero-order valence-electron chi connectivity index (χ0n) is 16.3. The van der Waals surface area contributed by atoms with Crippen LogP contribution < -0.4 is 0 Å². The van der Waals surface area contributed by atoms with Crippen LogP contribution in [0.15, 0.2) is 71.9 Å². The molecule has 5 nitrogen and oxygen atoms in total. The van der Waals surface area contributed by atoms with Crippen LogP contribution in [0.5, 0.6) is 0 Å². The van der Waals surface area contributed by atoms with E-state index in [0.29, 0.717) is 23.7 Å². The zero-order chi connectivity index (χ0) is 20.1. The number of hydrogen-bond acceptors (Lipinski definition) is 4. The first-order chi connectivity index (χ1) is 14.3. The van der Waals surface area contributed by atoms with Crippen LogP contribution in [0.25, 0.3) is 5.69 Å². The second kappa shape index (κ2) is 8.82. The van der Waals surface area contributed by atoms with Crippen LogP contribution in [0.4, 0.5) is 4.39 Å². The van der Waals surface area contributed by atoms with Crippen molar-refractivity contribution in [2.45, 2.75) is 38.6 Å². The van der Waals surface area contributed by atoms with Gasteiger partial charge in [-0.1, -0.05) is 61.0 Å². The number of aromatic nitrogens is 3. The van der Waals surface area contributed by atoms with Crippen molar-refractivity contribution in [3.8, 4) is 5.69 Å². The van der Waals surface area contributed by atoms with E-state index in [1.165, 1.54) is 6.07 Å². The third-order valence-electron chi connectivity index (χ3n) is 4.91. The highest BCUT2D eigenvalue weighted by molar-refractivity contribution is 5.94. The zero-order valence-corrected chi connectivity index (χ0v) is 16.3. The van der Waals surface area contributed by atoms with Gasteiger partial charge in [0, 0.05) is 0 Å². The fourth-order valence-corrected chi connectivity index (χ4v) is 3.38. The van der Waals surface area contributed by atoms with Gasteiger partial charge in [-0.3, -0.25) is 0 Å². The van der Waals surface area contributed by atoms with Crippen LogP contribution in [-0.4, -0.2) is 20.9 Å². The van der Waals surface area contributed by atoms with Gasteiger partial charge < -0.3 is 4.74 Å². The summed E-state index contributed by atoms with van der Waals surface area (Å²) in [7, 11) is 0. The molecule has 2 heterocycles. The number of rotatable bonds is 6. The van der Waals surface area contributed by atoms with E-state index in [1.807, 2.05) is 24.3 Å². The van der Waals surface area contributed by atoms with Crippen molar-refractivity contribution >= 4 is 5.90 Å². The number of hydrogen-bond donors (Lipinski definition) is 0. The van der Waals surface area contributed by atoms with E-state index < -0.39 is 0 Å². The maximum Gasteiger partial charge on any atom is 0.244 e. The summed E-state index contributed by atoms with van der Waals surface area (Å²) in [6.45, 7) is 2.12. The highest BCUT2D eigenvalue weighted by atomic mass is 19.1. The summed E-state index contributed by atoms with van der Waals surface area (Å²) >= 11 is 0. The number of unbranched alkanes of at least 4 members (excludes halogenated alkanes) is 1. The van der Waals surface area contributed by atoms with Crippen molar-refractivity contribution in [2.75, 3.05) is 0 Å². The lowest BCUT2D eigenvalue weighted by Gasteiger charge is -2.12. The summed E-state index contributed by atoms with van der Waals surface area (Å²) in [4.78, 5) is 4.84. The lowest BCUT2D eigenvalue weighted by molar-refractivity contribution is 0.470. The highest BCUT2D eigenvalue weighted by Gasteiger charge is 2.23. The Morgan fingerprint density at radius 1 is 1.10 bits per heavy atom. The van der Waals surface area contributed by atoms with E-state index in [0.717, 1.165) is 30.5 Å². The molecule has 0 amide bonds. The van der Waals surface area contributed by atoms with E-state index in [9.17, 15) is 4.39 Å². The van der Waals surface area contributed by atoms with Gasteiger partial charge in [-0.15, -0.1) is 5.10 Å². The topological polar surface area (TPSA) is 52.3 Å². The van der Waals surface area contributed by atoms with Crippen molar-refractivity contribution in [1.29, 1.82) is 0 Å². The Balaban J connectivity index is 1.78. The first-order valence-electron chi connectivity index (χ1n) is 9.92. The van der Waals surface area contributed by atoms with Crippen molar-refractivity contribution in [2.24, 2.45) is 4.99 Å². The molecule has 1 aliphatic rings. The lowest BCUT2D eigenvalue weighted by atomic mass is 10.0. The standard InChI is InChI=1S/C23H23FN4O/c1-2-3-14-21-22(26-27-28(21)20-15-8-7-12-18(20)24)23-25-19(13-9-16-29-23)17-10-5-4-6-11-17/h4-12,15-16,19H,2-3,13-14H2,1H3. The quantitative estimate of drug-likeness (QED) is 0.583. The SMILES string of the molecule is CCCCc1c(C2=NC(c3ccccc3)CC=CO2)nnn1-c1ccccc1F. The summed E-state index contributed by atoms with van der Waals surface area (Å²) in [6, 6.07) is 16.6. The predicted molar refractivity (Wildman–Crippen MR) is 110 cm³/mol. The lowest BCUT2D eigenvalue weighted by Crippen LogP contribution is -2.11. The van der Waals surface area contributed by atoms with Gasteiger partial charge in [0.15, 0.2) is 5.69 Å². The smallest absolute Gasteiger partial charge is 0.244 e. The summed E-state index contributed by atoms with van der Waals surface area (Å²) in [5.41, 5.74) is 2.85. The van der Waals surface area contributed by atoms with E-state index in [-0.39, 0.29) is 11.9 Å². The van der Waals surface area contributed by atoms with Gasteiger partial charge in [0.05, 0.1) is 18.0 Å². The molecule has 0 radical (unpaired) electrons. The Labute approximate surface area is 169 Å². The fourth-order valence-electron chi connectivity index (χ4n) is 3.38. The summed E-state index contributed by atoms with van der Waals surface area (Å²) < 4.78 is 21.8. The number of nitrogens with zero attached hydrogens (tertiary/aromatic N) is 4. The van der Waals surface area contributed by atoms with Gasteiger partial charge in [0.25, 0.3) is 0 Å². The monoisotopic (exact) mass is 390 g/mol. The molecular weight excluding hydrogens is 367 g/mol. The van der Waals surface area contributed by atoms with Crippen LogP contribution in [-0.2, 0) is 11.2 Å². The summed E-state index contributed by atoms with van der Waals surface area (Å²) in [5, 5.41) is 8.58. The second-order valence-corrected chi connectivity index (χ2v) is 6.94. The molecule has 1 atom stereocenters. The molecule has 0 spiro atoms. The molecule has 1 unspecified atom stereocenters. The molecule has 0 fully saturated rings. The molecule has 1 aromatic heterocycles. The fraction of sp³-hybridized carbons (Fsp3) is 0.261. The first-order valence-corrected chi connectivity index (χ1v) is 9.92. The van der Waals surface area contributed by atoms with E-state index in [2.05, 4.69) is 29.4 Å². The maximum absolute atomic E-state index is 14.4. The van der Waals surface area contributed by atoms with Crippen molar-refractivity contribution in [3.63, 3.8) is 0 Å². The molecule has 0 saturated heterocycles. The van der Waals surface area contributed by atoms with Gasteiger partial charge >= 0.3 is 0 Å². The normalized spacial score (nSPS) is 16.2. The Morgan fingerprint density at radius 2 is 1.90 bits per heavy atom. The van der Waals surface area contributed by atoms with Crippen LogP contribution >= 0.6 is 0 Å². The van der Waals surface area contributed by atoms with Gasteiger partial charge in [0.2, 0.25) is 5.90 Å².